The van der Waals surface area contributed by atoms with E-state index in [-0.39, 0.29) is 35.7 Å². The molecule has 0 heterocycles. The third-order valence-corrected chi connectivity index (χ3v) is 6.83. The van der Waals surface area contributed by atoms with Crippen LogP contribution in [-0.2, 0) is 31.5 Å². The van der Waals surface area contributed by atoms with Gasteiger partial charge in [0.1, 0.15) is 0 Å². The molecule has 172 valence electrons. The number of hydrogen-bond acceptors (Lipinski definition) is 5. The van der Waals surface area contributed by atoms with Gasteiger partial charge in [0, 0.05) is 12.1 Å². The third-order valence-electron chi connectivity index (χ3n) is 5.13. The molecule has 0 saturated carbocycles. The Balaban J connectivity index is 1.62. The van der Waals surface area contributed by atoms with Gasteiger partial charge in [-0.3, -0.25) is 9.59 Å². The minimum atomic E-state index is -3.46. The zero-order valence-corrected chi connectivity index (χ0v) is 19.3. The van der Waals surface area contributed by atoms with Crippen LogP contribution in [0.25, 0.3) is 0 Å². The van der Waals surface area contributed by atoms with Gasteiger partial charge >= 0.3 is 5.97 Å². The number of hydrogen-bond donors (Lipinski definition) is 1. The zero-order chi connectivity index (χ0) is 23.7. The molecule has 3 aromatic rings. The van der Waals surface area contributed by atoms with Crippen LogP contribution in [0.3, 0.4) is 0 Å². The lowest BCUT2D eigenvalue weighted by Crippen LogP contribution is -2.35. The van der Waals surface area contributed by atoms with E-state index in [1.807, 2.05) is 30.3 Å². The molecular formula is C26H27NO5S. The predicted octanol–water partition coefficient (Wildman–Crippen LogP) is 3.81. The van der Waals surface area contributed by atoms with Crippen molar-refractivity contribution in [2.75, 3.05) is 13.2 Å². The van der Waals surface area contributed by atoms with E-state index in [0.717, 1.165) is 5.56 Å². The van der Waals surface area contributed by atoms with E-state index in [9.17, 15) is 18.0 Å². The van der Waals surface area contributed by atoms with E-state index in [1.54, 1.807) is 61.5 Å². The van der Waals surface area contributed by atoms with Crippen LogP contribution < -0.4 is 5.32 Å². The van der Waals surface area contributed by atoms with Gasteiger partial charge in [0.2, 0.25) is 0 Å². The third kappa shape index (κ3) is 7.02. The maximum atomic E-state index is 12.6. The number of nitrogens with one attached hydrogen (secondary N) is 1. The molecular weight excluding hydrogens is 438 g/mol. The highest BCUT2D eigenvalue weighted by atomic mass is 32.2. The van der Waals surface area contributed by atoms with Crippen molar-refractivity contribution in [1.82, 2.24) is 5.32 Å². The van der Waals surface area contributed by atoms with E-state index in [2.05, 4.69) is 5.32 Å². The second kappa shape index (κ2) is 11.4. The van der Waals surface area contributed by atoms with Crippen molar-refractivity contribution in [1.29, 1.82) is 0 Å². The Labute approximate surface area is 194 Å². The number of esters is 1. The Kier molecular flexibility index (Phi) is 8.38. The molecule has 0 saturated heterocycles. The minimum absolute atomic E-state index is 0.136. The number of carbonyl (C=O) groups is 2. The molecule has 0 aliphatic heterocycles. The average molecular weight is 466 g/mol. The SMILES string of the molecule is CCOC(=O)C(CNC(=O)c1ccc(CS(=O)(=O)c2ccccc2)cc1)Cc1ccccc1. The summed E-state index contributed by atoms with van der Waals surface area (Å²) in [5.41, 5.74) is 1.95. The number of sulfone groups is 1. The lowest BCUT2D eigenvalue weighted by molar-refractivity contribution is -0.147. The first-order valence-electron chi connectivity index (χ1n) is 10.7. The Hall–Kier alpha value is -3.45. The fraction of sp³-hybridized carbons (Fsp3) is 0.231. The maximum Gasteiger partial charge on any atom is 0.311 e. The van der Waals surface area contributed by atoms with Crippen LogP contribution in [0, 0.1) is 5.92 Å². The molecule has 0 bridgehead atoms. The van der Waals surface area contributed by atoms with Crippen LogP contribution in [0.4, 0.5) is 0 Å². The summed E-state index contributed by atoms with van der Waals surface area (Å²) >= 11 is 0. The molecule has 1 atom stereocenters. The lowest BCUT2D eigenvalue weighted by Gasteiger charge is -2.16. The van der Waals surface area contributed by atoms with Gasteiger partial charge in [-0.2, -0.15) is 0 Å². The molecule has 0 aliphatic rings. The molecule has 0 aromatic heterocycles. The number of benzene rings is 3. The number of carbonyl (C=O) groups excluding carboxylic acids is 2. The van der Waals surface area contributed by atoms with E-state index < -0.39 is 15.8 Å². The fourth-order valence-corrected chi connectivity index (χ4v) is 4.77. The molecule has 6 nitrogen and oxygen atoms in total. The second-order valence-corrected chi connectivity index (χ2v) is 9.61. The van der Waals surface area contributed by atoms with E-state index in [1.165, 1.54) is 0 Å². The van der Waals surface area contributed by atoms with Crippen molar-refractivity contribution in [2.45, 2.75) is 24.0 Å². The highest BCUT2D eigenvalue weighted by molar-refractivity contribution is 7.90. The van der Waals surface area contributed by atoms with Crippen LogP contribution in [0.1, 0.15) is 28.4 Å². The summed E-state index contributed by atoms with van der Waals surface area (Å²) < 4.78 is 30.2. The first-order chi connectivity index (χ1) is 15.9. The predicted molar refractivity (Wildman–Crippen MR) is 126 cm³/mol. The minimum Gasteiger partial charge on any atom is -0.466 e. The van der Waals surface area contributed by atoms with Gasteiger partial charge < -0.3 is 10.1 Å². The van der Waals surface area contributed by atoms with Gasteiger partial charge in [-0.1, -0.05) is 60.7 Å². The Morgan fingerprint density at radius 3 is 2.06 bits per heavy atom. The van der Waals surface area contributed by atoms with Crippen molar-refractivity contribution < 1.29 is 22.7 Å². The van der Waals surface area contributed by atoms with E-state index in [0.29, 0.717) is 17.5 Å². The van der Waals surface area contributed by atoms with Gasteiger partial charge in [0.25, 0.3) is 5.91 Å². The Morgan fingerprint density at radius 1 is 0.848 bits per heavy atom. The molecule has 1 N–H and O–H groups in total. The van der Waals surface area contributed by atoms with E-state index >= 15 is 0 Å². The smallest absolute Gasteiger partial charge is 0.311 e. The van der Waals surface area contributed by atoms with Crippen LogP contribution in [0.5, 0.6) is 0 Å². The summed E-state index contributed by atoms with van der Waals surface area (Å²) in [6, 6.07) is 24.2. The highest BCUT2D eigenvalue weighted by Crippen LogP contribution is 2.17. The van der Waals surface area contributed by atoms with Crippen LogP contribution in [-0.4, -0.2) is 33.4 Å². The molecule has 3 aromatic carbocycles. The monoisotopic (exact) mass is 465 g/mol. The molecule has 1 unspecified atom stereocenters. The summed E-state index contributed by atoms with van der Waals surface area (Å²) in [5.74, 6) is -1.36. The quantitative estimate of drug-likeness (QED) is 0.460. The second-order valence-electron chi connectivity index (χ2n) is 7.62. The van der Waals surface area contributed by atoms with Crippen LogP contribution in [0.2, 0.25) is 0 Å². The van der Waals surface area contributed by atoms with Crippen molar-refractivity contribution in [3.05, 3.63) is 102 Å². The standard InChI is InChI=1S/C26H27NO5S/c1-2-32-26(29)23(17-20-9-5-3-6-10-20)18-27-25(28)22-15-13-21(14-16-22)19-33(30,31)24-11-7-4-8-12-24/h3-16,23H,2,17-19H2,1H3,(H,27,28). The molecule has 3 rings (SSSR count). The summed E-state index contributed by atoms with van der Waals surface area (Å²) in [6.45, 7) is 2.15. The number of rotatable bonds is 10. The van der Waals surface area contributed by atoms with Crippen LogP contribution in [0.15, 0.2) is 89.8 Å². The van der Waals surface area contributed by atoms with Gasteiger partial charge in [-0.05, 0) is 48.7 Å². The zero-order valence-electron chi connectivity index (χ0n) is 18.4. The molecule has 0 radical (unpaired) electrons. The van der Waals surface area contributed by atoms with Crippen molar-refractivity contribution in [2.24, 2.45) is 5.92 Å². The molecule has 1 amide bonds. The maximum absolute atomic E-state index is 12.6. The summed E-state index contributed by atoms with van der Waals surface area (Å²) in [6.07, 6.45) is 0.455. The summed E-state index contributed by atoms with van der Waals surface area (Å²) in [7, 11) is -3.46. The van der Waals surface area contributed by atoms with Gasteiger partial charge in [-0.25, -0.2) is 8.42 Å². The van der Waals surface area contributed by atoms with Crippen molar-refractivity contribution in [3.8, 4) is 0 Å². The molecule has 33 heavy (non-hydrogen) atoms. The Morgan fingerprint density at radius 2 is 1.45 bits per heavy atom. The fourth-order valence-electron chi connectivity index (χ4n) is 3.40. The Bertz CT molecular complexity index is 1160. The van der Waals surface area contributed by atoms with Crippen molar-refractivity contribution in [3.63, 3.8) is 0 Å². The first kappa shape index (κ1) is 24.2. The molecule has 0 aliphatic carbocycles. The highest BCUT2D eigenvalue weighted by Gasteiger charge is 2.22. The largest absolute Gasteiger partial charge is 0.466 e. The van der Waals surface area contributed by atoms with Gasteiger partial charge in [0.05, 0.1) is 23.2 Å². The van der Waals surface area contributed by atoms with Crippen LogP contribution >= 0.6 is 0 Å². The molecule has 0 spiro atoms. The molecule has 7 heteroatoms. The first-order valence-corrected chi connectivity index (χ1v) is 12.4. The van der Waals surface area contributed by atoms with E-state index in [4.69, 9.17) is 4.74 Å². The number of ether oxygens (including phenoxy) is 1. The molecule has 0 fully saturated rings. The summed E-state index contributed by atoms with van der Waals surface area (Å²) in [5, 5.41) is 2.79. The average Bonchev–Trinajstić information content (AvgIpc) is 2.83. The normalized spacial score (nSPS) is 12.0. The number of amides is 1. The van der Waals surface area contributed by atoms with Gasteiger partial charge in [0.15, 0.2) is 9.84 Å². The lowest BCUT2D eigenvalue weighted by atomic mass is 9.99. The van der Waals surface area contributed by atoms with Crippen molar-refractivity contribution >= 4 is 21.7 Å². The summed E-state index contributed by atoms with van der Waals surface area (Å²) in [4.78, 5) is 25.2. The van der Waals surface area contributed by atoms with Gasteiger partial charge in [-0.15, -0.1) is 0 Å². The topological polar surface area (TPSA) is 89.5 Å².